The number of aliphatic carboxylic acids is 1. The molecule has 0 fully saturated rings. The van der Waals surface area contributed by atoms with Crippen molar-refractivity contribution < 1.29 is 14.6 Å². The second-order valence-corrected chi connectivity index (χ2v) is 5.11. The van der Waals surface area contributed by atoms with Crippen molar-refractivity contribution in [2.75, 3.05) is 12.8 Å². The Hall–Kier alpha value is -1.71. The van der Waals surface area contributed by atoms with Crippen LogP contribution in [0.2, 0.25) is 0 Å². The number of nitrogens with two attached hydrogens (primary N) is 1. The van der Waals surface area contributed by atoms with Gasteiger partial charge in [-0.25, -0.2) is 0 Å². The third-order valence-electron chi connectivity index (χ3n) is 3.54. The zero-order valence-electron chi connectivity index (χ0n) is 11.4. The molecule has 1 rings (SSSR count). The van der Waals surface area contributed by atoms with Gasteiger partial charge in [0.15, 0.2) is 0 Å². The van der Waals surface area contributed by atoms with Crippen LogP contribution in [0.3, 0.4) is 0 Å². The first-order valence-electron chi connectivity index (χ1n) is 5.99. The fourth-order valence-electron chi connectivity index (χ4n) is 2.02. The first-order chi connectivity index (χ1) is 8.33. The molecule has 1 atom stereocenters. The van der Waals surface area contributed by atoms with Crippen molar-refractivity contribution in [2.24, 2.45) is 5.41 Å². The monoisotopic (exact) mass is 251 g/mol. The summed E-state index contributed by atoms with van der Waals surface area (Å²) in [7, 11) is 1.55. The zero-order chi connectivity index (χ0) is 13.9. The summed E-state index contributed by atoms with van der Waals surface area (Å²) in [6, 6.07) is 5.14. The Morgan fingerprint density at radius 2 is 2.11 bits per heavy atom. The number of carboxylic acid groups (broad SMARTS) is 1. The highest BCUT2D eigenvalue weighted by molar-refractivity contribution is 5.80. The molecule has 1 aromatic carbocycles. The Bertz CT molecular complexity index is 441. The average Bonchev–Trinajstić information content (AvgIpc) is 2.31. The van der Waals surface area contributed by atoms with E-state index in [0.717, 1.165) is 6.42 Å². The molecule has 3 N–H and O–H groups in total. The smallest absolute Gasteiger partial charge is 0.311 e. The molecule has 100 valence electrons. The van der Waals surface area contributed by atoms with E-state index in [0.29, 0.717) is 17.0 Å². The summed E-state index contributed by atoms with van der Waals surface area (Å²) in [6.07, 6.45) is 0.751. The van der Waals surface area contributed by atoms with Crippen LogP contribution >= 0.6 is 0 Å². The molecule has 1 unspecified atom stereocenters. The molecule has 0 amide bonds. The van der Waals surface area contributed by atoms with Crippen LogP contribution in [-0.2, 0) is 4.79 Å². The van der Waals surface area contributed by atoms with E-state index < -0.39 is 11.9 Å². The normalized spacial score (nSPS) is 13.1. The van der Waals surface area contributed by atoms with Crippen molar-refractivity contribution in [3.05, 3.63) is 23.8 Å². The van der Waals surface area contributed by atoms with Gasteiger partial charge in [0.25, 0.3) is 0 Å². The molecule has 4 nitrogen and oxygen atoms in total. The second-order valence-electron chi connectivity index (χ2n) is 5.11. The average molecular weight is 251 g/mol. The van der Waals surface area contributed by atoms with E-state index in [1.54, 1.807) is 25.3 Å². The van der Waals surface area contributed by atoms with Gasteiger partial charge in [0.05, 0.1) is 13.0 Å². The van der Waals surface area contributed by atoms with Gasteiger partial charge in [-0.1, -0.05) is 20.8 Å². The summed E-state index contributed by atoms with van der Waals surface area (Å²) in [4.78, 5) is 11.6. The van der Waals surface area contributed by atoms with Gasteiger partial charge in [0.1, 0.15) is 5.75 Å². The summed E-state index contributed by atoms with van der Waals surface area (Å²) in [5.41, 5.74) is 6.66. The largest absolute Gasteiger partial charge is 0.497 e. The van der Waals surface area contributed by atoms with E-state index in [1.807, 2.05) is 20.8 Å². The molecular weight excluding hydrogens is 230 g/mol. The standard InChI is InChI=1S/C14H21NO3/c1-5-14(2,3)12(13(16)17)10-8-9(18-4)6-7-11(10)15/h6-8,12H,5,15H2,1-4H3,(H,16,17). The maximum atomic E-state index is 11.6. The molecule has 1 aromatic rings. The summed E-state index contributed by atoms with van der Waals surface area (Å²) in [5, 5.41) is 9.49. The molecule has 0 aliphatic carbocycles. The first-order valence-corrected chi connectivity index (χ1v) is 5.99. The Balaban J connectivity index is 3.34. The number of anilines is 1. The SMILES string of the molecule is CCC(C)(C)C(C(=O)O)c1cc(OC)ccc1N. The molecule has 0 aliphatic rings. The predicted octanol–water partition coefficient (Wildman–Crippen LogP) is 2.88. The van der Waals surface area contributed by atoms with Crippen LogP contribution in [0, 0.1) is 5.41 Å². The minimum absolute atomic E-state index is 0.369. The summed E-state index contributed by atoms with van der Waals surface area (Å²) >= 11 is 0. The highest BCUT2D eigenvalue weighted by atomic mass is 16.5. The van der Waals surface area contributed by atoms with Gasteiger partial charge in [-0.05, 0) is 35.6 Å². The van der Waals surface area contributed by atoms with Gasteiger partial charge in [-0.2, -0.15) is 0 Å². The number of carbonyl (C=O) groups is 1. The fraction of sp³-hybridized carbons (Fsp3) is 0.500. The van der Waals surface area contributed by atoms with Crippen LogP contribution < -0.4 is 10.5 Å². The number of nitrogen functional groups attached to an aromatic ring is 1. The van der Waals surface area contributed by atoms with E-state index >= 15 is 0 Å². The Labute approximate surface area is 108 Å². The minimum atomic E-state index is -0.859. The molecule has 0 heterocycles. The number of methoxy groups -OCH3 is 1. The number of benzene rings is 1. The quantitative estimate of drug-likeness (QED) is 0.789. The molecule has 0 bridgehead atoms. The molecule has 18 heavy (non-hydrogen) atoms. The lowest BCUT2D eigenvalue weighted by molar-refractivity contribution is -0.141. The Morgan fingerprint density at radius 1 is 1.50 bits per heavy atom. The molecule has 0 radical (unpaired) electrons. The van der Waals surface area contributed by atoms with Gasteiger partial charge < -0.3 is 15.6 Å². The lowest BCUT2D eigenvalue weighted by atomic mass is 9.72. The summed E-state index contributed by atoms with van der Waals surface area (Å²) in [5.74, 6) is -0.878. The van der Waals surface area contributed by atoms with Crippen LogP contribution in [0.5, 0.6) is 5.75 Å². The van der Waals surface area contributed by atoms with Crippen molar-refractivity contribution in [3.63, 3.8) is 0 Å². The van der Waals surface area contributed by atoms with Crippen molar-refractivity contribution in [1.82, 2.24) is 0 Å². The van der Waals surface area contributed by atoms with Crippen LogP contribution in [0.15, 0.2) is 18.2 Å². The fourth-order valence-corrected chi connectivity index (χ4v) is 2.02. The van der Waals surface area contributed by atoms with Gasteiger partial charge in [-0.3, -0.25) is 4.79 Å². The molecule has 0 aromatic heterocycles. The highest BCUT2D eigenvalue weighted by Crippen LogP contribution is 2.41. The van der Waals surface area contributed by atoms with Crippen LogP contribution in [0.1, 0.15) is 38.7 Å². The number of ether oxygens (including phenoxy) is 1. The van der Waals surface area contributed by atoms with E-state index in [9.17, 15) is 9.90 Å². The van der Waals surface area contributed by atoms with E-state index in [2.05, 4.69) is 0 Å². The van der Waals surface area contributed by atoms with Gasteiger partial charge >= 0.3 is 5.97 Å². The highest BCUT2D eigenvalue weighted by Gasteiger charge is 2.36. The van der Waals surface area contributed by atoms with Crippen LogP contribution in [0.4, 0.5) is 5.69 Å². The number of rotatable bonds is 5. The lowest BCUT2D eigenvalue weighted by Crippen LogP contribution is -2.29. The summed E-state index contributed by atoms with van der Waals surface area (Å²) < 4.78 is 5.14. The molecule has 4 heteroatoms. The van der Waals surface area contributed by atoms with Crippen molar-refractivity contribution >= 4 is 11.7 Å². The number of carboxylic acids is 1. The topological polar surface area (TPSA) is 72.5 Å². The van der Waals surface area contributed by atoms with E-state index in [4.69, 9.17) is 10.5 Å². The van der Waals surface area contributed by atoms with Crippen molar-refractivity contribution in [2.45, 2.75) is 33.1 Å². The maximum Gasteiger partial charge on any atom is 0.311 e. The minimum Gasteiger partial charge on any atom is -0.497 e. The van der Waals surface area contributed by atoms with Gasteiger partial charge in [0.2, 0.25) is 0 Å². The van der Waals surface area contributed by atoms with Gasteiger partial charge in [-0.15, -0.1) is 0 Å². The molecular formula is C14H21NO3. The molecule has 0 spiro atoms. The number of hydrogen-bond acceptors (Lipinski definition) is 3. The Kier molecular flexibility index (Phi) is 4.22. The van der Waals surface area contributed by atoms with Crippen LogP contribution in [0.25, 0.3) is 0 Å². The van der Waals surface area contributed by atoms with Crippen molar-refractivity contribution in [1.29, 1.82) is 0 Å². The van der Waals surface area contributed by atoms with Crippen LogP contribution in [-0.4, -0.2) is 18.2 Å². The van der Waals surface area contributed by atoms with Crippen molar-refractivity contribution in [3.8, 4) is 5.75 Å². The van der Waals surface area contributed by atoms with Gasteiger partial charge in [0, 0.05) is 5.69 Å². The third-order valence-corrected chi connectivity index (χ3v) is 3.54. The first kappa shape index (κ1) is 14.4. The maximum absolute atomic E-state index is 11.6. The summed E-state index contributed by atoms with van der Waals surface area (Å²) in [6.45, 7) is 5.85. The van der Waals surface area contributed by atoms with E-state index in [1.165, 1.54) is 0 Å². The second kappa shape index (κ2) is 5.29. The predicted molar refractivity (Wildman–Crippen MR) is 71.9 cm³/mol. The Morgan fingerprint density at radius 3 is 2.56 bits per heavy atom. The third kappa shape index (κ3) is 2.75. The number of hydrogen-bond donors (Lipinski definition) is 2. The van der Waals surface area contributed by atoms with E-state index in [-0.39, 0.29) is 5.41 Å². The molecule has 0 saturated carbocycles. The zero-order valence-corrected chi connectivity index (χ0v) is 11.4. The lowest BCUT2D eigenvalue weighted by Gasteiger charge is -2.31. The molecule has 0 aliphatic heterocycles. The molecule has 0 saturated heterocycles.